The number of carbonyl (C=O) groups is 2. The van der Waals surface area contributed by atoms with E-state index < -0.39 is 0 Å². The van der Waals surface area contributed by atoms with Crippen LogP contribution in [0.5, 0.6) is 0 Å². The predicted octanol–water partition coefficient (Wildman–Crippen LogP) is 1.31. The summed E-state index contributed by atoms with van der Waals surface area (Å²) in [5, 5.41) is 4.67. The molecule has 1 aromatic heterocycles. The maximum atomic E-state index is 12.1. The Kier molecular flexibility index (Phi) is 6.14. The second kappa shape index (κ2) is 8.31. The lowest BCUT2D eigenvalue weighted by atomic mass is 10.2. The van der Waals surface area contributed by atoms with Crippen LogP contribution in [0.25, 0.3) is 0 Å². The molecule has 3 N–H and O–H groups in total. The number of nitrogens with two attached hydrogens (primary N) is 1. The molecule has 0 unspecified atom stereocenters. The fourth-order valence-corrected chi connectivity index (χ4v) is 2.24. The molecule has 128 valence electrons. The summed E-state index contributed by atoms with van der Waals surface area (Å²) in [6.45, 7) is 4.24. The maximum Gasteiger partial charge on any atom is 0.277 e. The minimum Gasteiger partial charge on any atom is -0.463 e. The van der Waals surface area contributed by atoms with Gasteiger partial charge in [-0.05, 0) is 38.1 Å². The van der Waals surface area contributed by atoms with Crippen molar-refractivity contribution in [2.24, 2.45) is 0 Å². The Balaban J connectivity index is 1.76. The first-order chi connectivity index (χ1) is 11.5. The number of aryl methyl sites for hydroxylation is 1. The first kappa shape index (κ1) is 17.7. The SMILES string of the molecule is Cc1ccc(NC(=O)CN(C)C(=O)C[NH2+][C@@H](C)c2ccco2)cc1. The van der Waals surface area contributed by atoms with Crippen molar-refractivity contribution in [3.63, 3.8) is 0 Å². The summed E-state index contributed by atoms with van der Waals surface area (Å²) in [5.41, 5.74) is 1.85. The summed E-state index contributed by atoms with van der Waals surface area (Å²) in [7, 11) is 1.63. The van der Waals surface area contributed by atoms with Crippen molar-refractivity contribution < 1.29 is 19.3 Å². The van der Waals surface area contributed by atoms with Crippen molar-refractivity contribution in [1.82, 2.24) is 4.90 Å². The molecule has 0 saturated carbocycles. The molecule has 0 aliphatic carbocycles. The van der Waals surface area contributed by atoms with Gasteiger partial charge in [0.1, 0.15) is 6.04 Å². The van der Waals surface area contributed by atoms with Crippen molar-refractivity contribution in [2.75, 3.05) is 25.5 Å². The van der Waals surface area contributed by atoms with Gasteiger partial charge in [0.05, 0.1) is 12.8 Å². The van der Waals surface area contributed by atoms with Crippen LogP contribution in [-0.4, -0.2) is 36.9 Å². The van der Waals surface area contributed by atoms with Crippen LogP contribution < -0.4 is 10.6 Å². The molecule has 0 radical (unpaired) electrons. The van der Waals surface area contributed by atoms with Gasteiger partial charge in [0.2, 0.25) is 5.91 Å². The minimum absolute atomic E-state index is 0.0235. The molecule has 2 amide bonds. The number of amides is 2. The number of quaternary nitrogens is 1. The number of benzene rings is 1. The first-order valence-electron chi connectivity index (χ1n) is 7.93. The summed E-state index contributed by atoms with van der Waals surface area (Å²) in [6, 6.07) is 11.3. The third-order valence-electron chi connectivity index (χ3n) is 3.78. The Morgan fingerprint density at radius 1 is 1.25 bits per heavy atom. The topological polar surface area (TPSA) is 79.2 Å². The predicted molar refractivity (Wildman–Crippen MR) is 91.4 cm³/mol. The van der Waals surface area contributed by atoms with Crippen molar-refractivity contribution in [2.45, 2.75) is 19.9 Å². The highest BCUT2D eigenvalue weighted by molar-refractivity contribution is 5.94. The van der Waals surface area contributed by atoms with E-state index in [-0.39, 0.29) is 30.9 Å². The number of anilines is 1. The molecular weight excluding hydrogens is 306 g/mol. The zero-order valence-electron chi connectivity index (χ0n) is 14.3. The second-order valence-electron chi connectivity index (χ2n) is 5.91. The van der Waals surface area contributed by atoms with Gasteiger partial charge in [-0.2, -0.15) is 0 Å². The van der Waals surface area contributed by atoms with E-state index >= 15 is 0 Å². The quantitative estimate of drug-likeness (QED) is 0.803. The average molecular weight is 330 g/mol. The highest BCUT2D eigenvalue weighted by atomic mass is 16.3. The highest BCUT2D eigenvalue weighted by Gasteiger charge is 2.18. The van der Waals surface area contributed by atoms with Crippen molar-refractivity contribution in [1.29, 1.82) is 0 Å². The van der Waals surface area contributed by atoms with E-state index in [9.17, 15) is 9.59 Å². The van der Waals surface area contributed by atoms with Crippen molar-refractivity contribution in [3.8, 4) is 0 Å². The third-order valence-corrected chi connectivity index (χ3v) is 3.78. The molecule has 6 heteroatoms. The van der Waals surface area contributed by atoms with Crippen LogP contribution in [0.3, 0.4) is 0 Å². The van der Waals surface area contributed by atoms with Gasteiger partial charge in [0, 0.05) is 12.7 Å². The Morgan fingerprint density at radius 3 is 2.58 bits per heavy atom. The molecule has 24 heavy (non-hydrogen) atoms. The molecular formula is C18H24N3O3+. The number of carbonyl (C=O) groups excluding carboxylic acids is 2. The van der Waals surface area contributed by atoms with Crippen LogP contribution in [0.2, 0.25) is 0 Å². The molecule has 0 bridgehead atoms. The smallest absolute Gasteiger partial charge is 0.277 e. The van der Waals surface area contributed by atoms with Crippen molar-refractivity contribution >= 4 is 17.5 Å². The lowest BCUT2D eigenvalue weighted by Crippen LogP contribution is -2.87. The Bertz CT molecular complexity index is 665. The molecule has 0 saturated heterocycles. The monoisotopic (exact) mass is 330 g/mol. The van der Waals surface area contributed by atoms with Gasteiger partial charge in [-0.1, -0.05) is 17.7 Å². The standard InChI is InChI=1S/C18H23N3O3/c1-13-6-8-15(9-7-13)20-17(22)12-21(3)18(23)11-19-14(2)16-5-4-10-24-16/h4-10,14,19H,11-12H2,1-3H3,(H,20,22)/p+1/t14-/m0/s1. The number of nitrogens with one attached hydrogen (secondary N) is 1. The van der Waals surface area contributed by atoms with Crippen LogP contribution >= 0.6 is 0 Å². The summed E-state index contributed by atoms with van der Waals surface area (Å²) >= 11 is 0. The molecule has 0 aliphatic heterocycles. The van der Waals surface area contributed by atoms with E-state index in [4.69, 9.17) is 4.42 Å². The normalized spacial score (nSPS) is 11.8. The van der Waals surface area contributed by atoms with E-state index in [1.165, 1.54) is 4.90 Å². The number of furan rings is 1. The summed E-state index contributed by atoms with van der Waals surface area (Å²) < 4.78 is 5.31. The molecule has 1 heterocycles. The van der Waals surface area contributed by atoms with E-state index in [0.717, 1.165) is 17.0 Å². The lowest BCUT2D eigenvalue weighted by Gasteiger charge is -2.17. The zero-order valence-corrected chi connectivity index (χ0v) is 14.3. The van der Waals surface area contributed by atoms with Crippen LogP contribution in [0.4, 0.5) is 5.69 Å². The Labute approximate surface area is 141 Å². The van der Waals surface area contributed by atoms with Gasteiger partial charge < -0.3 is 20.0 Å². The number of likely N-dealkylation sites (N-methyl/N-ethyl adjacent to an activating group) is 1. The van der Waals surface area contributed by atoms with E-state index in [1.54, 1.807) is 13.3 Å². The van der Waals surface area contributed by atoms with Gasteiger partial charge >= 0.3 is 0 Å². The third kappa shape index (κ3) is 5.24. The molecule has 2 rings (SSSR count). The average Bonchev–Trinajstić information content (AvgIpc) is 3.08. The molecule has 1 aromatic carbocycles. The highest BCUT2D eigenvalue weighted by Crippen LogP contribution is 2.09. The van der Waals surface area contributed by atoms with Gasteiger partial charge in [-0.25, -0.2) is 0 Å². The zero-order chi connectivity index (χ0) is 17.5. The van der Waals surface area contributed by atoms with E-state index in [0.29, 0.717) is 0 Å². The second-order valence-corrected chi connectivity index (χ2v) is 5.91. The summed E-state index contributed by atoms with van der Waals surface area (Å²) in [4.78, 5) is 25.6. The Morgan fingerprint density at radius 2 is 1.96 bits per heavy atom. The summed E-state index contributed by atoms with van der Waals surface area (Å²) in [6.07, 6.45) is 1.61. The lowest BCUT2D eigenvalue weighted by molar-refractivity contribution is -0.684. The molecule has 6 nitrogen and oxygen atoms in total. The van der Waals surface area contributed by atoms with Gasteiger partial charge in [0.25, 0.3) is 5.91 Å². The van der Waals surface area contributed by atoms with E-state index in [2.05, 4.69) is 5.32 Å². The molecule has 0 aliphatic rings. The number of nitrogens with zero attached hydrogens (tertiary/aromatic N) is 1. The molecule has 2 aromatic rings. The van der Waals surface area contributed by atoms with Gasteiger partial charge in [0.15, 0.2) is 12.3 Å². The van der Waals surface area contributed by atoms with Crippen molar-refractivity contribution in [3.05, 3.63) is 54.0 Å². The number of hydrogen-bond acceptors (Lipinski definition) is 3. The fourth-order valence-electron chi connectivity index (χ4n) is 2.24. The molecule has 0 fully saturated rings. The van der Waals surface area contributed by atoms with Crippen LogP contribution in [-0.2, 0) is 9.59 Å². The van der Waals surface area contributed by atoms with E-state index in [1.807, 2.05) is 55.6 Å². The molecule has 0 spiro atoms. The van der Waals surface area contributed by atoms with Crippen LogP contribution in [0, 0.1) is 6.92 Å². The Hall–Kier alpha value is -2.60. The van der Waals surface area contributed by atoms with Gasteiger partial charge in [-0.3, -0.25) is 9.59 Å². The van der Waals surface area contributed by atoms with Crippen LogP contribution in [0.1, 0.15) is 24.3 Å². The first-order valence-corrected chi connectivity index (χ1v) is 7.93. The number of rotatable bonds is 7. The van der Waals surface area contributed by atoms with Crippen LogP contribution in [0.15, 0.2) is 47.1 Å². The minimum atomic E-state index is -0.214. The fraction of sp³-hybridized carbons (Fsp3) is 0.333. The molecule has 1 atom stereocenters. The largest absolute Gasteiger partial charge is 0.463 e. The van der Waals surface area contributed by atoms with Gasteiger partial charge in [-0.15, -0.1) is 0 Å². The maximum absolute atomic E-state index is 12.1. The summed E-state index contributed by atoms with van der Waals surface area (Å²) in [5.74, 6) is 0.504. The number of hydrogen-bond donors (Lipinski definition) is 2.